The summed E-state index contributed by atoms with van der Waals surface area (Å²) in [6.07, 6.45) is 1.72. The number of likely N-dealkylation sites (N-methyl/N-ethyl adjacent to an activating group) is 1. The van der Waals surface area contributed by atoms with Gasteiger partial charge in [0.1, 0.15) is 17.8 Å². The molecule has 0 saturated carbocycles. The van der Waals surface area contributed by atoms with E-state index in [4.69, 9.17) is 0 Å². The smallest absolute Gasteiger partial charge is 0.270 e. The third-order valence-electron chi connectivity index (χ3n) is 4.94. The van der Waals surface area contributed by atoms with Crippen molar-refractivity contribution in [3.63, 3.8) is 0 Å². The van der Waals surface area contributed by atoms with Crippen LogP contribution in [-0.4, -0.2) is 83.7 Å². The lowest BCUT2D eigenvalue weighted by atomic mass is 10.00. The topological polar surface area (TPSA) is 93.6 Å². The summed E-state index contributed by atoms with van der Waals surface area (Å²) in [4.78, 5) is 24.8. The Morgan fingerprint density at radius 1 is 1.28 bits per heavy atom. The number of aliphatic hydroxyl groups is 1. The molecule has 2 aromatic rings. The second kappa shape index (κ2) is 10.3. The normalized spacial score (nSPS) is 15.0. The number of benzene rings is 1. The highest BCUT2D eigenvalue weighted by molar-refractivity contribution is 5.92. The maximum absolute atomic E-state index is 12.4. The summed E-state index contributed by atoms with van der Waals surface area (Å²) >= 11 is 0. The van der Waals surface area contributed by atoms with Crippen molar-refractivity contribution in [1.82, 2.24) is 25.1 Å². The number of carbonyl (C=O) groups is 1. The highest BCUT2D eigenvalue weighted by Crippen LogP contribution is 2.18. The number of anilines is 1. The molecule has 1 aromatic carbocycles. The number of nitrogens with one attached hydrogen (secondary N) is 2. The minimum Gasteiger partial charge on any atom is -0.390 e. The van der Waals surface area contributed by atoms with Crippen LogP contribution in [0.2, 0.25) is 0 Å². The van der Waals surface area contributed by atoms with Crippen LogP contribution >= 0.6 is 0 Å². The molecule has 3 N–H and O–H groups in total. The first-order valence-corrected chi connectivity index (χ1v) is 9.97. The number of carbonyl (C=O) groups excluding carboxylic acids is 1. The molecule has 0 aliphatic carbocycles. The van der Waals surface area contributed by atoms with Gasteiger partial charge in [-0.2, -0.15) is 0 Å². The third kappa shape index (κ3) is 6.49. The number of hydrogen-bond donors (Lipinski definition) is 3. The summed E-state index contributed by atoms with van der Waals surface area (Å²) in [5.41, 5.74) is 2.97. The molecule has 8 heteroatoms. The molecular weight excluding hydrogens is 368 g/mol. The predicted octanol–water partition coefficient (Wildman–Crippen LogP) is 0.599. The van der Waals surface area contributed by atoms with Gasteiger partial charge in [-0.15, -0.1) is 0 Å². The van der Waals surface area contributed by atoms with Crippen LogP contribution in [0.5, 0.6) is 0 Å². The molecule has 156 valence electrons. The summed E-state index contributed by atoms with van der Waals surface area (Å²) in [5.74, 6) is 0.297. The van der Waals surface area contributed by atoms with Gasteiger partial charge in [-0.3, -0.25) is 9.69 Å². The van der Waals surface area contributed by atoms with Crippen LogP contribution in [0.3, 0.4) is 0 Å². The molecule has 1 atom stereocenters. The average molecular weight is 399 g/mol. The van der Waals surface area contributed by atoms with Crippen molar-refractivity contribution >= 4 is 11.7 Å². The summed E-state index contributed by atoms with van der Waals surface area (Å²) in [6.45, 7) is 4.03. The van der Waals surface area contributed by atoms with Crippen molar-refractivity contribution < 1.29 is 9.90 Å². The molecule has 8 nitrogen and oxygen atoms in total. The fourth-order valence-corrected chi connectivity index (χ4v) is 3.36. The Morgan fingerprint density at radius 2 is 2.07 bits per heavy atom. The van der Waals surface area contributed by atoms with Crippen molar-refractivity contribution in [3.05, 3.63) is 53.5 Å². The Hall–Kier alpha value is -2.55. The molecule has 0 saturated heterocycles. The Bertz CT molecular complexity index is 813. The SMILES string of the molecule is CN(C)CCNc1cc(C(=O)NCC(O)CN2CCc3ccccc3C2)ncn1. The van der Waals surface area contributed by atoms with Crippen LogP contribution < -0.4 is 10.6 Å². The van der Waals surface area contributed by atoms with E-state index in [1.807, 2.05) is 20.2 Å². The minimum absolute atomic E-state index is 0.185. The van der Waals surface area contributed by atoms with E-state index in [1.165, 1.54) is 17.5 Å². The quantitative estimate of drug-likeness (QED) is 0.569. The highest BCUT2D eigenvalue weighted by Gasteiger charge is 2.19. The maximum atomic E-state index is 12.4. The van der Waals surface area contributed by atoms with E-state index < -0.39 is 6.10 Å². The molecule has 1 amide bonds. The first kappa shape index (κ1) is 21.2. The number of nitrogens with zero attached hydrogens (tertiary/aromatic N) is 4. The highest BCUT2D eigenvalue weighted by atomic mass is 16.3. The number of aromatic nitrogens is 2. The van der Waals surface area contributed by atoms with Gasteiger partial charge < -0.3 is 20.6 Å². The van der Waals surface area contributed by atoms with Crippen LogP contribution in [0, 0.1) is 0 Å². The largest absolute Gasteiger partial charge is 0.390 e. The summed E-state index contributed by atoms with van der Waals surface area (Å²) in [7, 11) is 3.99. The number of hydrogen-bond acceptors (Lipinski definition) is 7. The zero-order valence-corrected chi connectivity index (χ0v) is 17.1. The lowest BCUT2D eigenvalue weighted by molar-refractivity contribution is 0.0838. The van der Waals surface area contributed by atoms with Crippen molar-refractivity contribution in [2.24, 2.45) is 0 Å². The molecular formula is C21H30N6O2. The third-order valence-corrected chi connectivity index (χ3v) is 4.94. The van der Waals surface area contributed by atoms with Crippen LogP contribution in [0.15, 0.2) is 36.7 Å². The average Bonchev–Trinajstić information content (AvgIpc) is 2.72. The molecule has 1 aliphatic rings. The van der Waals surface area contributed by atoms with Crippen molar-refractivity contribution in [2.75, 3.05) is 52.1 Å². The van der Waals surface area contributed by atoms with Gasteiger partial charge in [0.25, 0.3) is 5.91 Å². The van der Waals surface area contributed by atoms with E-state index >= 15 is 0 Å². The van der Waals surface area contributed by atoms with Gasteiger partial charge in [-0.25, -0.2) is 9.97 Å². The number of fused-ring (bicyclic) bond motifs is 1. The fourth-order valence-electron chi connectivity index (χ4n) is 3.36. The van der Waals surface area contributed by atoms with Gasteiger partial charge in [0.05, 0.1) is 6.10 Å². The molecule has 3 rings (SSSR count). The molecule has 29 heavy (non-hydrogen) atoms. The molecule has 0 spiro atoms. The molecule has 1 unspecified atom stereocenters. The Morgan fingerprint density at radius 3 is 2.86 bits per heavy atom. The molecule has 0 radical (unpaired) electrons. The van der Waals surface area contributed by atoms with Gasteiger partial charge in [-0.1, -0.05) is 24.3 Å². The second-order valence-corrected chi connectivity index (χ2v) is 7.64. The number of β-amino-alcohol motifs (C(OH)–C–C–N with tert-alkyl or cyclic N) is 1. The molecule has 0 bridgehead atoms. The summed E-state index contributed by atoms with van der Waals surface area (Å²) in [6, 6.07) is 10.0. The second-order valence-electron chi connectivity index (χ2n) is 7.64. The van der Waals surface area contributed by atoms with E-state index in [2.05, 4.69) is 48.6 Å². The monoisotopic (exact) mass is 398 g/mol. The van der Waals surface area contributed by atoms with Gasteiger partial charge in [0, 0.05) is 45.3 Å². The zero-order valence-electron chi connectivity index (χ0n) is 17.1. The Labute approximate surface area is 172 Å². The predicted molar refractivity (Wildman–Crippen MR) is 113 cm³/mol. The van der Waals surface area contributed by atoms with Crippen LogP contribution in [0.1, 0.15) is 21.6 Å². The molecule has 1 aliphatic heterocycles. The van der Waals surface area contributed by atoms with E-state index in [1.54, 1.807) is 6.07 Å². The first-order chi connectivity index (χ1) is 14.0. The maximum Gasteiger partial charge on any atom is 0.270 e. The molecule has 0 fully saturated rings. The Balaban J connectivity index is 1.44. The van der Waals surface area contributed by atoms with Crippen LogP contribution in [0.4, 0.5) is 5.82 Å². The van der Waals surface area contributed by atoms with Gasteiger partial charge in [0.2, 0.25) is 0 Å². The van der Waals surface area contributed by atoms with Gasteiger partial charge in [0.15, 0.2) is 0 Å². The fraction of sp³-hybridized carbons (Fsp3) is 0.476. The lowest BCUT2D eigenvalue weighted by Gasteiger charge is -2.30. The standard InChI is InChI=1S/C21H30N6O2/c1-26(2)10-8-22-20-11-19(24-15-25-20)21(29)23-12-18(28)14-27-9-7-16-5-3-4-6-17(16)13-27/h3-6,11,15,18,28H,7-10,12-14H2,1-2H3,(H,23,29)(H,22,24,25). The van der Waals surface area contributed by atoms with E-state index in [9.17, 15) is 9.90 Å². The first-order valence-electron chi connectivity index (χ1n) is 9.97. The van der Waals surface area contributed by atoms with Crippen LogP contribution in [0.25, 0.3) is 0 Å². The number of rotatable bonds is 9. The van der Waals surface area contributed by atoms with E-state index in [0.717, 1.165) is 32.6 Å². The molecule has 2 heterocycles. The lowest BCUT2D eigenvalue weighted by Crippen LogP contribution is -2.42. The van der Waals surface area contributed by atoms with Crippen LogP contribution in [-0.2, 0) is 13.0 Å². The number of aliphatic hydroxyl groups excluding tert-OH is 1. The van der Waals surface area contributed by atoms with E-state index in [0.29, 0.717) is 12.4 Å². The minimum atomic E-state index is -0.635. The van der Waals surface area contributed by atoms with Gasteiger partial charge in [-0.05, 0) is 31.6 Å². The summed E-state index contributed by atoms with van der Waals surface area (Å²) in [5, 5.41) is 16.3. The Kier molecular flexibility index (Phi) is 7.51. The van der Waals surface area contributed by atoms with Crippen molar-refractivity contribution in [3.8, 4) is 0 Å². The van der Waals surface area contributed by atoms with Crippen molar-refractivity contribution in [1.29, 1.82) is 0 Å². The zero-order chi connectivity index (χ0) is 20.6. The number of amides is 1. The summed E-state index contributed by atoms with van der Waals surface area (Å²) < 4.78 is 0. The van der Waals surface area contributed by atoms with E-state index in [-0.39, 0.29) is 18.1 Å². The van der Waals surface area contributed by atoms with Gasteiger partial charge >= 0.3 is 0 Å². The molecule has 1 aromatic heterocycles. The van der Waals surface area contributed by atoms with Crippen molar-refractivity contribution in [2.45, 2.75) is 19.1 Å².